The number of ether oxygens (including phenoxy) is 1. The van der Waals surface area contributed by atoms with Crippen LogP contribution >= 0.6 is 11.6 Å². The number of halogens is 1. The van der Waals surface area contributed by atoms with Crippen LogP contribution in [0.5, 0.6) is 0 Å². The van der Waals surface area contributed by atoms with E-state index in [-0.39, 0.29) is 24.6 Å². The van der Waals surface area contributed by atoms with Crippen molar-refractivity contribution in [3.05, 3.63) is 53.3 Å². The minimum absolute atomic E-state index is 0.109. The molecule has 2 aromatic rings. The van der Waals surface area contributed by atoms with Crippen LogP contribution in [0.2, 0.25) is 5.02 Å². The summed E-state index contributed by atoms with van der Waals surface area (Å²) < 4.78 is 7.07. The van der Waals surface area contributed by atoms with E-state index in [0.717, 1.165) is 5.56 Å². The summed E-state index contributed by atoms with van der Waals surface area (Å²) in [6.45, 7) is 2.10. The first-order chi connectivity index (χ1) is 10.1. The fraction of sp³-hybridized carbons (Fsp3) is 0.333. The van der Waals surface area contributed by atoms with E-state index in [1.54, 1.807) is 42.4 Å². The molecule has 0 spiro atoms. The molecule has 0 aliphatic carbocycles. The minimum atomic E-state index is -0.233. The number of benzene rings is 1. The largest absolute Gasteiger partial charge is 0.375 e. The van der Waals surface area contributed by atoms with E-state index in [1.165, 1.54) is 0 Å². The number of carbonyl (C=O) groups excluding carboxylic acids is 1. The molecule has 1 aromatic carbocycles. The third kappa shape index (κ3) is 4.31. The average molecular weight is 308 g/mol. The smallest absolute Gasteiger partial charge is 0.242 e. The second-order valence-corrected chi connectivity index (χ2v) is 5.20. The van der Waals surface area contributed by atoms with Crippen molar-refractivity contribution in [2.75, 3.05) is 7.11 Å². The monoisotopic (exact) mass is 307 g/mol. The number of rotatable bonds is 6. The molecule has 1 N–H and O–H groups in total. The SMILES string of the molecule is CO[C@@H](c1ccc(Cl)cc1)[C@@H](C)NC(=O)Cn1cccn1. The Morgan fingerprint density at radius 1 is 1.43 bits per heavy atom. The van der Waals surface area contributed by atoms with Crippen molar-refractivity contribution in [2.45, 2.75) is 25.6 Å². The van der Waals surface area contributed by atoms with E-state index < -0.39 is 0 Å². The summed E-state index contributed by atoms with van der Waals surface area (Å²) in [5.41, 5.74) is 0.966. The summed E-state index contributed by atoms with van der Waals surface area (Å²) in [5, 5.41) is 7.60. The number of hydrogen-bond acceptors (Lipinski definition) is 3. The molecule has 2 rings (SSSR count). The summed E-state index contributed by atoms with van der Waals surface area (Å²) in [4.78, 5) is 12.0. The Morgan fingerprint density at radius 3 is 2.71 bits per heavy atom. The van der Waals surface area contributed by atoms with Crippen LogP contribution in [0.3, 0.4) is 0 Å². The van der Waals surface area contributed by atoms with E-state index in [4.69, 9.17) is 16.3 Å². The van der Waals surface area contributed by atoms with E-state index >= 15 is 0 Å². The molecule has 6 heteroatoms. The maximum absolute atomic E-state index is 12.0. The van der Waals surface area contributed by atoms with Gasteiger partial charge >= 0.3 is 0 Å². The Morgan fingerprint density at radius 2 is 2.14 bits per heavy atom. The first kappa shape index (κ1) is 15.5. The van der Waals surface area contributed by atoms with Gasteiger partial charge in [-0.1, -0.05) is 23.7 Å². The van der Waals surface area contributed by atoms with Crippen molar-refractivity contribution in [1.82, 2.24) is 15.1 Å². The molecule has 0 radical (unpaired) electrons. The highest BCUT2D eigenvalue weighted by atomic mass is 35.5. The van der Waals surface area contributed by atoms with Crippen LogP contribution in [-0.4, -0.2) is 28.8 Å². The molecule has 112 valence electrons. The molecule has 2 atom stereocenters. The second kappa shape index (κ2) is 7.24. The van der Waals surface area contributed by atoms with E-state index in [1.807, 2.05) is 19.1 Å². The van der Waals surface area contributed by atoms with E-state index in [2.05, 4.69) is 10.4 Å². The lowest BCUT2D eigenvalue weighted by molar-refractivity contribution is -0.123. The number of hydrogen-bond donors (Lipinski definition) is 1. The molecule has 1 amide bonds. The topological polar surface area (TPSA) is 56.1 Å². The molecule has 0 saturated carbocycles. The highest BCUT2D eigenvalue weighted by Gasteiger charge is 2.20. The van der Waals surface area contributed by atoms with Crippen molar-refractivity contribution in [2.24, 2.45) is 0 Å². The quantitative estimate of drug-likeness (QED) is 0.891. The van der Waals surface area contributed by atoms with E-state index in [9.17, 15) is 4.79 Å². The lowest BCUT2D eigenvalue weighted by atomic mass is 10.0. The molecule has 0 aliphatic rings. The number of carbonyl (C=O) groups is 1. The Labute approximate surface area is 128 Å². The molecule has 0 bridgehead atoms. The van der Waals surface area contributed by atoms with Gasteiger partial charge in [-0.25, -0.2) is 0 Å². The lowest BCUT2D eigenvalue weighted by Gasteiger charge is -2.24. The predicted molar refractivity (Wildman–Crippen MR) is 81.0 cm³/mol. The fourth-order valence-corrected chi connectivity index (χ4v) is 2.32. The number of nitrogens with zero attached hydrogens (tertiary/aromatic N) is 2. The summed E-state index contributed by atoms with van der Waals surface area (Å²) in [5.74, 6) is -0.109. The van der Waals surface area contributed by atoms with Crippen molar-refractivity contribution < 1.29 is 9.53 Å². The standard InChI is InChI=1S/C15H18ClN3O2/c1-11(18-14(20)10-19-9-3-8-17-19)15(21-2)12-4-6-13(16)7-5-12/h3-9,11,15H,10H2,1-2H3,(H,18,20)/t11-,15-/m1/s1. The van der Waals surface area contributed by atoms with Gasteiger partial charge in [-0.2, -0.15) is 5.10 Å². The second-order valence-electron chi connectivity index (χ2n) is 4.77. The maximum Gasteiger partial charge on any atom is 0.242 e. The highest BCUT2D eigenvalue weighted by Crippen LogP contribution is 2.22. The molecule has 21 heavy (non-hydrogen) atoms. The van der Waals surface area contributed by atoms with Crippen LogP contribution in [0.15, 0.2) is 42.7 Å². The van der Waals surface area contributed by atoms with Gasteiger partial charge in [0.1, 0.15) is 12.6 Å². The minimum Gasteiger partial charge on any atom is -0.375 e. The summed E-state index contributed by atoms with van der Waals surface area (Å²) in [6.07, 6.45) is 3.16. The molecule has 1 heterocycles. The fourth-order valence-electron chi connectivity index (χ4n) is 2.20. The summed E-state index contributed by atoms with van der Waals surface area (Å²) >= 11 is 5.88. The zero-order chi connectivity index (χ0) is 15.2. The van der Waals surface area contributed by atoms with Gasteiger partial charge in [-0.3, -0.25) is 9.48 Å². The van der Waals surface area contributed by atoms with Crippen molar-refractivity contribution in [3.63, 3.8) is 0 Å². The molecule has 0 aliphatic heterocycles. The molecule has 5 nitrogen and oxygen atoms in total. The predicted octanol–water partition coefficient (Wildman–Crippen LogP) is 2.43. The number of amides is 1. The van der Waals surface area contributed by atoms with Gasteiger partial charge in [-0.15, -0.1) is 0 Å². The molecular formula is C15H18ClN3O2. The van der Waals surface area contributed by atoms with Crippen molar-refractivity contribution in [3.8, 4) is 0 Å². The molecule has 1 aromatic heterocycles. The van der Waals surface area contributed by atoms with Crippen molar-refractivity contribution >= 4 is 17.5 Å². The first-order valence-electron chi connectivity index (χ1n) is 6.65. The van der Waals surface area contributed by atoms with Crippen LogP contribution < -0.4 is 5.32 Å². The van der Waals surface area contributed by atoms with E-state index in [0.29, 0.717) is 5.02 Å². The van der Waals surface area contributed by atoms with Gasteiger partial charge in [0.15, 0.2) is 0 Å². The Hall–Kier alpha value is -1.85. The number of methoxy groups -OCH3 is 1. The summed E-state index contributed by atoms with van der Waals surface area (Å²) in [7, 11) is 1.62. The maximum atomic E-state index is 12.0. The highest BCUT2D eigenvalue weighted by molar-refractivity contribution is 6.30. The zero-order valence-corrected chi connectivity index (χ0v) is 12.7. The van der Waals surface area contributed by atoms with Crippen LogP contribution in [0.1, 0.15) is 18.6 Å². The Balaban J connectivity index is 1.98. The van der Waals surface area contributed by atoms with Crippen LogP contribution in [0, 0.1) is 0 Å². The number of nitrogens with one attached hydrogen (secondary N) is 1. The number of aromatic nitrogens is 2. The molecule has 0 saturated heterocycles. The van der Waals surface area contributed by atoms with Gasteiger partial charge in [0, 0.05) is 24.5 Å². The average Bonchev–Trinajstić information content (AvgIpc) is 2.94. The molecule has 0 unspecified atom stereocenters. The Bertz CT molecular complexity index is 569. The van der Waals surface area contributed by atoms with Crippen LogP contribution in [-0.2, 0) is 16.1 Å². The Kier molecular flexibility index (Phi) is 5.36. The molecular weight excluding hydrogens is 290 g/mol. The van der Waals surface area contributed by atoms with Gasteiger partial charge in [0.2, 0.25) is 5.91 Å². The van der Waals surface area contributed by atoms with Crippen LogP contribution in [0.25, 0.3) is 0 Å². The third-order valence-electron chi connectivity index (χ3n) is 3.16. The van der Waals surface area contributed by atoms with Crippen LogP contribution in [0.4, 0.5) is 0 Å². The van der Waals surface area contributed by atoms with Gasteiger partial charge in [-0.05, 0) is 30.7 Å². The van der Waals surface area contributed by atoms with Crippen molar-refractivity contribution in [1.29, 1.82) is 0 Å². The van der Waals surface area contributed by atoms with Gasteiger partial charge in [0.25, 0.3) is 0 Å². The third-order valence-corrected chi connectivity index (χ3v) is 3.41. The van der Waals surface area contributed by atoms with Gasteiger partial charge in [0.05, 0.1) is 6.04 Å². The normalized spacial score (nSPS) is 13.7. The lowest BCUT2D eigenvalue weighted by Crippen LogP contribution is -2.39. The van der Waals surface area contributed by atoms with Gasteiger partial charge < -0.3 is 10.1 Å². The first-order valence-corrected chi connectivity index (χ1v) is 7.03. The molecule has 0 fully saturated rings. The summed E-state index contributed by atoms with van der Waals surface area (Å²) in [6, 6.07) is 9.02. The zero-order valence-electron chi connectivity index (χ0n) is 12.0.